The Hall–Kier alpha value is -0.0400. The zero-order valence-corrected chi connectivity index (χ0v) is 8.72. The van der Waals surface area contributed by atoms with Gasteiger partial charge in [-0.15, -0.1) is 0 Å². The quantitative estimate of drug-likeness (QED) is 0.595. The maximum absolute atomic E-state index is 2.34. The fourth-order valence-corrected chi connectivity index (χ4v) is 1.73. The van der Waals surface area contributed by atoms with Crippen molar-refractivity contribution in [1.82, 2.24) is 4.90 Å². The molecular formula is C10H23N. The summed E-state index contributed by atoms with van der Waals surface area (Å²) < 4.78 is 0. The van der Waals surface area contributed by atoms with Gasteiger partial charge in [0.05, 0.1) is 0 Å². The fraction of sp³-hybridized carbons (Fsp3) is 1.00. The maximum Gasteiger partial charge on any atom is 0.000376 e. The van der Waals surface area contributed by atoms with Crippen LogP contribution in [0.4, 0.5) is 0 Å². The molecule has 0 atom stereocenters. The van der Waals surface area contributed by atoms with E-state index < -0.39 is 0 Å². The molecule has 0 aromatic heterocycles. The van der Waals surface area contributed by atoms with Crippen LogP contribution in [0, 0.1) is 11.8 Å². The second-order valence-electron chi connectivity index (χ2n) is 3.70. The number of hydrogen-bond acceptors (Lipinski definition) is 1. The molecule has 0 aromatic rings. The molecule has 0 spiro atoms. The lowest BCUT2D eigenvalue weighted by atomic mass is 9.76. The van der Waals surface area contributed by atoms with Crippen molar-refractivity contribution in [3.63, 3.8) is 0 Å². The van der Waals surface area contributed by atoms with Gasteiger partial charge < -0.3 is 4.90 Å². The summed E-state index contributed by atoms with van der Waals surface area (Å²) in [5.41, 5.74) is 0. The Balaban J connectivity index is 0.000000461. The smallest absolute Gasteiger partial charge is 0.000376 e. The summed E-state index contributed by atoms with van der Waals surface area (Å²) in [6.07, 6.45) is 2.91. The van der Waals surface area contributed by atoms with Gasteiger partial charge in [0.15, 0.2) is 0 Å². The van der Waals surface area contributed by atoms with Crippen LogP contribution >= 0.6 is 0 Å². The molecule has 0 saturated heterocycles. The number of nitrogens with zero attached hydrogens (tertiary/aromatic N) is 1. The van der Waals surface area contributed by atoms with E-state index >= 15 is 0 Å². The molecule has 0 aliphatic heterocycles. The highest BCUT2D eigenvalue weighted by Gasteiger charge is 2.24. The van der Waals surface area contributed by atoms with E-state index in [2.05, 4.69) is 25.9 Å². The monoisotopic (exact) mass is 157 g/mol. The van der Waals surface area contributed by atoms with Crippen molar-refractivity contribution in [2.45, 2.75) is 33.6 Å². The molecule has 1 heteroatoms. The first kappa shape index (κ1) is 11.0. The topological polar surface area (TPSA) is 3.24 Å². The average Bonchev–Trinajstić information content (AvgIpc) is 1.88. The molecule has 1 aliphatic rings. The lowest BCUT2D eigenvalue weighted by Gasteiger charge is -2.34. The van der Waals surface area contributed by atoms with Gasteiger partial charge in [-0.05, 0) is 38.8 Å². The average molecular weight is 157 g/mol. The molecule has 1 aliphatic carbocycles. The van der Waals surface area contributed by atoms with Crippen LogP contribution < -0.4 is 0 Å². The Bertz CT molecular complexity index is 82.9. The van der Waals surface area contributed by atoms with Gasteiger partial charge in [0.1, 0.15) is 0 Å². The summed E-state index contributed by atoms with van der Waals surface area (Å²) in [6.45, 7) is 7.64. The van der Waals surface area contributed by atoms with E-state index in [0.717, 1.165) is 11.8 Å². The van der Waals surface area contributed by atoms with Crippen molar-refractivity contribution in [2.75, 3.05) is 20.6 Å². The standard InChI is InChI=1S/C8H17N.C2H6/c1-7-4-8(5-7)6-9(2)3;1-2/h7-8H,4-6H2,1-3H3;1-2H3. The maximum atomic E-state index is 2.34. The van der Waals surface area contributed by atoms with Crippen LogP contribution in [0.2, 0.25) is 0 Å². The summed E-state index contributed by atoms with van der Waals surface area (Å²) in [4.78, 5) is 2.29. The largest absolute Gasteiger partial charge is 0.309 e. The minimum Gasteiger partial charge on any atom is -0.309 e. The minimum absolute atomic E-state index is 1.01. The molecule has 11 heavy (non-hydrogen) atoms. The van der Waals surface area contributed by atoms with E-state index in [-0.39, 0.29) is 0 Å². The van der Waals surface area contributed by atoms with Crippen LogP contribution in [0.5, 0.6) is 0 Å². The van der Waals surface area contributed by atoms with Gasteiger partial charge in [0.25, 0.3) is 0 Å². The highest BCUT2D eigenvalue weighted by molar-refractivity contribution is 4.77. The number of hydrogen-bond donors (Lipinski definition) is 0. The highest BCUT2D eigenvalue weighted by atomic mass is 15.1. The molecule has 0 radical (unpaired) electrons. The SMILES string of the molecule is CC.CC1CC(CN(C)C)C1. The molecular weight excluding hydrogens is 134 g/mol. The second kappa shape index (κ2) is 5.59. The molecule has 1 fully saturated rings. The van der Waals surface area contributed by atoms with Crippen LogP contribution in [-0.2, 0) is 0 Å². The van der Waals surface area contributed by atoms with Crippen molar-refractivity contribution in [3.8, 4) is 0 Å². The van der Waals surface area contributed by atoms with Gasteiger partial charge >= 0.3 is 0 Å². The van der Waals surface area contributed by atoms with Crippen LogP contribution in [-0.4, -0.2) is 25.5 Å². The van der Waals surface area contributed by atoms with E-state index in [1.165, 1.54) is 19.4 Å². The Morgan fingerprint density at radius 2 is 1.64 bits per heavy atom. The Morgan fingerprint density at radius 1 is 1.18 bits per heavy atom. The third-order valence-electron chi connectivity index (χ3n) is 2.09. The second-order valence-corrected chi connectivity index (χ2v) is 3.70. The van der Waals surface area contributed by atoms with Crippen LogP contribution in [0.3, 0.4) is 0 Å². The lowest BCUT2D eigenvalue weighted by Crippen LogP contribution is -2.31. The molecule has 0 N–H and O–H groups in total. The van der Waals surface area contributed by atoms with Gasteiger partial charge in [0, 0.05) is 6.54 Å². The van der Waals surface area contributed by atoms with Gasteiger partial charge in [-0.2, -0.15) is 0 Å². The fourth-order valence-electron chi connectivity index (χ4n) is 1.73. The van der Waals surface area contributed by atoms with Gasteiger partial charge in [0.2, 0.25) is 0 Å². The summed E-state index contributed by atoms with van der Waals surface area (Å²) in [6, 6.07) is 0. The molecule has 0 aromatic carbocycles. The Kier molecular flexibility index (Phi) is 5.57. The molecule has 1 saturated carbocycles. The Labute approximate surface area is 71.8 Å². The van der Waals surface area contributed by atoms with Crippen molar-refractivity contribution in [3.05, 3.63) is 0 Å². The van der Waals surface area contributed by atoms with E-state index in [1.54, 1.807) is 0 Å². The van der Waals surface area contributed by atoms with Crippen LogP contribution in [0.15, 0.2) is 0 Å². The predicted molar refractivity (Wildman–Crippen MR) is 51.8 cm³/mol. The normalized spacial score (nSPS) is 28.9. The molecule has 0 unspecified atom stereocenters. The summed E-state index contributed by atoms with van der Waals surface area (Å²) in [7, 11) is 4.31. The third-order valence-corrected chi connectivity index (χ3v) is 2.09. The summed E-state index contributed by atoms with van der Waals surface area (Å²) in [5.74, 6) is 2.02. The zero-order chi connectivity index (χ0) is 8.85. The van der Waals surface area contributed by atoms with Gasteiger partial charge in [-0.25, -0.2) is 0 Å². The first-order valence-electron chi connectivity index (χ1n) is 4.83. The van der Waals surface area contributed by atoms with E-state index in [9.17, 15) is 0 Å². The van der Waals surface area contributed by atoms with Crippen LogP contribution in [0.1, 0.15) is 33.6 Å². The molecule has 0 amide bonds. The van der Waals surface area contributed by atoms with Crippen molar-refractivity contribution in [1.29, 1.82) is 0 Å². The highest BCUT2D eigenvalue weighted by Crippen LogP contribution is 2.32. The van der Waals surface area contributed by atoms with Gasteiger partial charge in [-0.1, -0.05) is 20.8 Å². The van der Waals surface area contributed by atoms with E-state index in [0.29, 0.717) is 0 Å². The minimum atomic E-state index is 1.01. The van der Waals surface area contributed by atoms with Crippen LogP contribution in [0.25, 0.3) is 0 Å². The predicted octanol–water partition coefficient (Wildman–Crippen LogP) is 2.62. The first-order valence-corrected chi connectivity index (χ1v) is 4.83. The summed E-state index contributed by atoms with van der Waals surface area (Å²) >= 11 is 0. The zero-order valence-electron chi connectivity index (χ0n) is 8.72. The molecule has 68 valence electrons. The molecule has 0 bridgehead atoms. The van der Waals surface area contributed by atoms with E-state index in [1.807, 2.05) is 13.8 Å². The van der Waals surface area contributed by atoms with Crippen molar-refractivity contribution < 1.29 is 0 Å². The summed E-state index contributed by atoms with van der Waals surface area (Å²) in [5, 5.41) is 0. The molecule has 1 rings (SSSR count). The Morgan fingerprint density at radius 3 is 1.91 bits per heavy atom. The van der Waals surface area contributed by atoms with E-state index in [4.69, 9.17) is 0 Å². The molecule has 1 nitrogen and oxygen atoms in total. The lowest BCUT2D eigenvalue weighted by molar-refractivity contribution is 0.165. The number of rotatable bonds is 2. The van der Waals surface area contributed by atoms with Crippen molar-refractivity contribution >= 4 is 0 Å². The molecule has 0 heterocycles. The first-order chi connectivity index (χ1) is 5.18. The third kappa shape index (κ3) is 4.41. The van der Waals surface area contributed by atoms with Crippen molar-refractivity contribution in [2.24, 2.45) is 11.8 Å². The van der Waals surface area contributed by atoms with Gasteiger partial charge in [-0.3, -0.25) is 0 Å².